The molecule has 0 fully saturated rings. The molecule has 0 saturated carbocycles. The average molecular weight is 359 g/mol. The minimum Gasteiger partial charge on any atom is -0.450 e. The molecule has 1 aromatic carbocycles. The van der Waals surface area contributed by atoms with Gasteiger partial charge in [-0.1, -0.05) is 34.8 Å². The van der Waals surface area contributed by atoms with Gasteiger partial charge in [-0.05, 0) is 31.2 Å². The van der Waals surface area contributed by atoms with Crippen molar-refractivity contribution in [2.45, 2.75) is 11.8 Å². The van der Waals surface area contributed by atoms with Crippen LogP contribution in [0.4, 0.5) is 4.79 Å². The standard InChI is InChI=1S/C11H10Cl3NO4S/c1-2-19-11(16)15-10(9(13)14)20(17,18)8-5-3-7(12)4-6-8/h3-6H,2H2,1H3,(H,15,16). The fourth-order valence-corrected chi connectivity index (χ4v) is 3.19. The Kier molecular flexibility index (Phi) is 6.13. The van der Waals surface area contributed by atoms with Crippen molar-refractivity contribution in [3.05, 3.63) is 38.8 Å². The van der Waals surface area contributed by atoms with Crippen LogP contribution < -0.4 is 5.32 Å². The molecule has 110 valence electrons. The number of amides is 1. The molecule has 0 aliphatic carbocycles. The number of carbonyl (C=O) groups excluding carboxylic acids is 1. The highest BCUT2D eigenvalue weighted by Gasteiger charge is 2.26. The van der Waals surface area contributed by atoms with Gasteiger partial charge in [-0.25, -0.2) is 13.2 Å². The summed E-state index contributed by atoms with van der Waals surface area (Å²) in [5, 5.41) is 1.72. The lowest BCUT2D eigenvalue weighted by atomic mass is 10.4. The van der Waals surface area contributed by atoms with Gasteiger partial charge in [0.1, 0.15) is 4.49 Å². The summed E-state index contributed by atoms with van der Waals surface area (Å²) in [6.07, 6.45) is -0.973. The monoisotopic (exact) mass is 357 g/mol. The van der Waals surface area contributed by atoms with Crippen LogP contribution in [-0.2, 0) is 14.6 Å². The van der Waals surface area contributed by atoms with E-state index in [1.807, 2.05) is 5.32 Å². The predicted octanol–water partition coefficient (Wildman–Crippen LogP) is 3.46. The fraction of sp³-hybridized carbons (Fsp3) is 0.182. The van der Waals surface area contributed by atoms with Gasteiger partial charge in [-0.3, -0.25) is 5.32 Å². The third-order valence-electron chi connectivity index (χ3n) is 2.06. The normalized spacial score (nSPS) is 10.8. The molecular formula is C11H10Cl3NO4S. The lowest BCUT2D eigenvalue weighted by molar-refractivity contribution is 0.156. The highest BCUT2D eigenvalue weighted by molar-refractivity contribution is 7.95. The molecule has 0 radical (unpaired) electrons. The molecule has 0 saturated heterocycles. The van der Waals surface area contributed by atoms with Gasteiger partial charge in [0.2, 0.25) is 9.84 Å². The minimum absolute atomic E-state index is 0.0695. The number of benzene rings is 1. The molecule has 1 N–H and O–H groups in total. The Morgan fingerprint density at radius 1 is 1.25 bits per heavy atom. The Morgan fingerprint density at radius 2 is 1.80 bits per heavy atom. The number of ether oxygens (including phenoxy) is 1. The lowest BCUT2D eigenvalue weighted by Crippen LogP contribution is -2.28. The van der Waals surface area contributed by atoms with Crippen LogP contribution in [0.1, 0.15) is 6.92 Å². The van der Waals surface area contributed by atoms with E-state index in [9.17, 15) is 13.2 Å². The number of carbonyl (C=O) groups is 1. The van der Waals surface area contributed by atoms with Crippen LogP contribution in [-0.4, -0.2) is 21.1 Å². The average Bonchev–Trinajstić information content (AvgIpc) is 2.36. The summed E-state index contributed by atoms with van der Waals surface area (Å²) < 4.78 is 28.6. The van der Waals surface area contributed by atoms with Gasteiger partial charge < -0.3 is 4.74 Å². The zero-order valence-electron chi connectivity index (χ0n) is 10.2. The van der Waals surface area contributed by atoms with Crippen molar-refractivity contribution in [3.8, 4) is 0 Å². The van der Waals surface area contributed by atoms with Gasteiger partial charge in [0, 0.05) is 5.02 Å². The summed E-state index contributed by atoms with van der Waals surface area (Å²) in [6.45, 7) is 1.64. The first-order valence-corrected chi connectivity index (χ1v) is 7.90. The molecule has 0 aromatic heterocycles. The summed E-state index contributed by atoms with van der Waals surface area (Å²) in [6, 6.07) is 5.31. The van der Waals surface area contributed by atoms with Crippen LogP contribution in [0.25, 0.3) is 0 Å². The van der Waals surface area contributed by atoms with E-state index in [0.717, 1.165) is 0 Å². The van der Waals surface area contributed by atoms with Crippen molar-refractivity contribution in [3.63, 3.8) is 0 Å². The van der Waals surface area contributed by atoms with Crippen molar-refractivity contribution >= 4 is 50.7 Å². The van der Waals surface area contributed by atoms with Crippen LogP contribution in [0.3, 0.4) is 0 Å². The Morgan fingerprint density at radius 3 is 2.25 bits per heavy atom. The van der Waals surface area contributed by atoms with Gasteiger partial charge >= 0.3 is 6.09 Å². The van der Waals surface area contributed by atoms with Crippen LogP contribution in [0.15, 0.2) is 38.7 Å². The Labute approximate surface area is 131 Å². The maximum absolute atomic E-state index is 12.3. The lowest BCUT2D eigenvalue weighted by Gasteiger charge is -2.11. The number of hydrogen-bond acceptors (Lipinski definition) is 4. The van der Waals surface area contributed by atoms with Crippen molar-refractivity contribution in [2.75, 3.05) is 6.61 Å². The van der Waals surface area contributed by atoms with Gasteiger partial charge in [0.05, 0.1) is 11.5 Å². The molecule has 0 aliphatic heterocycles. The number of sulfone groups is 1. The van der Waals surface area contributed by atoms with E-state index in [1.54, 1.807) is 6.92 Å². The van der Waals surface area contributed by atoms with Gasteiger partial charge in [-0.15, -0.1) is 0 Å². The Balaban J connectivity index is 3.18. The van der Waals surface area contributed by atoms with E-state index in [-0.39, 0.29) is 11.5 Å². The van der Waals surface area contributed by atoms with E-state index in [1.165, 1.54) is 24.3 Å². The number of rotatable bonds is 4. The highest BCUT2D eigenvalue weighted by atomic mass is 35.5. The van der Waals surface area contributed by atoms with Crippen molar-refractivity contribution in [2.24, 2.45) is 0 Å². The van der Waals surface area contributed by atoms with E-state index in [2.05, 4.69) is 4.74 Å². The maximum Gasteiger partial charge on any atom is 0.412 e. The predicted molar refractivity (Wildman–Crippen MR) is 77.5 cm³/mol. The quantitative estimate of drug-likeness (QED) is 0.894. The van der Waals surface area contributed by atoms with Crippen LogP contribution in [0.5, 0.6) is 0 Å². The van der Waals surface area contributed by atoms with Crippen molar-refractivity contribution < 1.29 is 17.9 Å². The first kappa shape index (κ1) is 17.1. The summed E-state index contributed by atoms with van der Waals surface area (Å²) in [5.41, 5.74) is 0. The fourth-order valence-electron chi connectivity index (χ4n) is 1.21. The first-order valence-electron chi connectivity index (χ1n) is 5.28. The largest absolute Gasteiger partial charge is 0.450 e. The van der Waals surface area contributed by atoms with Gasteiger partial charge in [0.25, 0.3) is 0 Å². The molecular weight excluding hydrogens is 349 g/mol. The third kappa shape index (κ3) is 4.28. The van der Waals surface area contributed by atoms with Crippen molar-refractivity contribution in [1.29, 1.82) is 0 Å². The van der Waals surface area contributed by atoms with Gasteiger partial charge in [-0.2, -0.15) is 0 Å². The van der Waals surface area contributed by atoms with E-state index in [0.29, 0.717) is 5.02 Å². The second-order valence-electron chi connectivity index (χ2n) is 3.39. The molecule has 0 atom stereocenters. The molecule has 5 nitrogen and oxygen atoms in total. The maximum atomic E-state index is 12.3. The molecule has 1 rings (SSSR count). The number of alkyl carbamates (subject to hydrolysis) is 1. The number of nitrogens with one attached hydrogen (secondary N) is 1. The molecule has 0 aliphatic rings. The molecule has 20 heavy (non-hydrogen) atoms. The molecule has 0 heterocycles. The van der Waals surface area contributed by atoms with Crippen LogP contribution in [0.2, 0.25) is 5.02 Å². The molecule has 1 amide bonds. The summed E-state index contributed by atoms with van der Waals surface area (Å²) in [5.74, 6) is 0. The first-order chi connectivity index (χ1) is 9.28. The second kappa shape index (κ2) is 7.17. The topological polar surface area (TPSA) is 72.5 Å². The number of hydrogen-bond donors (Lipinski definition) is 1. The zero-order chi connectivity index (χ0) is 15.3. The summed E-state index contributed by atoms with van der Waals surface area (Å²) in [7, 11) is -4.09. The second-order valence-corrected chi connectivity index (χ2v) is 6.66. The molecule has 9 heteroatoms. The molecule has 0 unspecified atom stereocenters. The van der Waals surface area contributed by atoms with E-state index in [4.69, 9.17) is 34.8 Å². The Hall–Kier alpha value is -0.950. The minimum atomic E-state index is -4.09. The van der Waals surface area contributed by atoms with Crippen LogP contribution in [0, 0.1) is 0 Å². The molecule has 0 spiro atoms. The van der Waals surface area contributed by atoms with Crippen LogP contribution >= 0.6 is 34.8 Å². The zero-order valence-corrected chi connectivity index (χ0v) is 13.3. The third-order valence-corrected chi connectivity index (χ3v) is 4.65. The van der Waals surface area contributed by atoms with Crippen molar-refractivity contribution in [1.82, 2.24) is 5.32 Å². The van der Waals surface area contributed by atoms with E-state index < -0.39 is 25.5 Å². The smallest absolute Gasteiger partial charge is 0.412 e. The highest BCUT2D eigenvalue weighted by Crippen LogP contribution is 2.25. The molecule has 1 aromatic rings. The van der Waals surface area contributed by atoms with E-state index >= 15 is 0 Å². The summed E-state index contributed by atoms with van der Waals surface area (Å²) >= 11 is 16.7. The summed E-state index contributed by atoms with van der Waals surface area (Å²) in [4.78, 5) is 11.2. The molecule has 0 bridgehead atoms. The van der Waals surface area contributed by atoms with Gasteiger partial charge in [0.15, 0.2) is 5.03 Å². The SMILES string of the molecule is CCOC(=O)NC(=C(Cl)Cl)S(=O)(=O)c1ccc(Cl)cc1. The Bertz CT molecular complexity index is 622. The number of halogens is 3.